The normalized spacial score (nSPS) is 22.1. The van der Waals surface area contributed by atoms with Gasteiger partial charge in [0.2, 0.25) is 5.91 Å². The van der Waals surface area contributed by atoms with Crippen LogP contribution >= 0.6 is 11.8 Å². The zero-order valence-electron chi connectivity index (χ0n) is 8.30. The minimum Gasteiger partial charge on any atom is -0.340 e. The number of likely N-dealkylation sites (tertiary alicyclic amines) is 1. The van der Waals surface area contributed by atoms with Crippen LogP contribution < -0.4 is 5.32 Å². The molecule has 88 valence electrons. The van der Waals surface area contributed by atoms with E-state index in [0.29, 0.717) is 13.1 Å². The van der Waals surface area contributed by atoms with Crippen LogP contribution in [0.5, 0.6) is 0 Å². The second-order valence-electron chi connectivity index (χ2n) is 3.35. The second-order valence-corrected chi connectivity index (χ2v) is 4.39. The van der Waals surface area contributed by atoms with E-state index < -0.39 is 17.2 Å². The molecule has 0 spiro atoms. The smallest absolute Gasteiger partial charge is 0.340 e. The number of likely N-dealkylation sites (N-methyl/N-ethyl adjacent to an activating group) is 1. The third-order valence-electron chi connectivity index (χ3n) is 2.31. The summed E-state index contributed by atoms with van der Waals surface area (Å²) in [4.78, 5) is 12.8. The molecule has 0 aliphatic carbocycles. The number of alkyl halides is 3. The number of rotatable bonds is 3. The molecule has 1 aliphatic rings. The van der Waals surface area contributed by atoms with Gasteiger partial charge < -0.3 is 10.2 Å². The van der Waals surface area contributed by atoms with Gasteiger partial charge in [0.15, 0.2) is 0 Å². The summed E-state index contributed by atoms with van der Waals surface area (Å²) in [6.45, 7) is 1.05. The van der Waals surface area contributed by atoms with Crippen molar-refractivity contribution in [1.82, 2.24) is 10.2 Å². The molecular formula is C8H13F3N2OS. The van der Waals surface area contributed by atoms with Crippen molar-refractivity contribution in [1.29, 1.82) is 0 Å². The number of halogens is 3. The van der Waals surface area contributed by atoms with Crippen LogP contribution in [0.15, 0.2) is 0 Å². The Hall–Kier alpha value is -0.430. The van der Waals surface area contributed by atoms with Crippen LogP contribution in [0.1, 0.15) is 6.42 Å². The van der Waals surface area contributed by atoms with Crippen LogP contribution in [-0.2, 0) is 4.79 Å². The maximum Gasteiger partial charge on any atom is 0.442 e. The summed E-state index contributed by atoms with van der Waals surface area (Å²) < 4.78 is 35.5. The van der Waals surface area contributed by atoms with Crippen molar-refractivity contribution in [3.8, 4) is 0 Å². The van der Waals surface area contributed by atoms with Crippen molar-refractivity contribution in [2.24, 2.45) is 0 Å². The van der Waals surface area contributed by atoms with Crippen molar-refractivity contribution in [3.05, 3.63) is 0 Å². The lowest BCUT2D eigenvalue weighted by molar-refractivity contribution is -0.127. The molecule has 7 heteroatoms. The van der Waals surface area contributed by atoms with Gasteiger partial charge in [0.25, 0.3) is 0 Å². The first kappa shape index (κ1) is 12.6. The summed E-state index contributed by atoms with van der Waals surface area (Å²) in [6.07, 6.45) is 0.804. The molecule has 1 aliphatic heterocycles. The molecule has 0 bridgehead atoms. The van der Waals surface area contributed by atoms with E-state index in [2.05, 4.69) is 5.32 Å². The minimum atomic E-state index is -4.32. The highest BCUT2D eigenvalue weighted by molar-refractivity contribution is 8.00. The molecule has 0 radical (unpaired) electrons. The van der Waals surface area contributed by atoms with Crippen molar-refractivity contribution in [3.63, 3.8) is 0 Å². The van der Waals surface area contributed by atoms with E-state index in [0.717, 1.165) is 6.42 Å². The maximum absolute atomic E-state index is 11.8. The van der Waals surface area contributed by atoms with E-state index in [4.69, 9.17) is 0 Å². The minimum absolute atomic E-state index is 0.213. The van der Waals surface area contributed by atoms with E-state index in [-0.39, 0.29) is 17.8 Å². The molecule has 0 aromatic carbocycles. The number of amides is 1. The first-order valence-electron chi connectivity index (χ1n) is 4.58. The molecule has 1 saturated heterocycles. The molecule has 15 heavy (non-hydrogen) atoms. The molecule has 1 rings (SSSR count). The van der Waals surface area contributed by atoms with E-state index >= 15 is 0 Å². The van der Waals surface area contributed by atoms with Crippen LogP contribution in [0, 0.1) is 0 Å². The first-order valence-corrected chi connectivity index (χ1v) is 5.56. The first-order chi connectivity index (χ1) is 6.92. The van der Waals surface area contributed by atoms with Gasteiger partial charge in [0.05, 0.1) is 5.75 Å². The number of carbonyl (C=O) groups excluding carboxylic acids is 1. The van der Waals surface area contributed by atoms with E-state index in [9.17, 15) is 18.0 Å². The fraction of sp³-hybridized carbons (Fsp3) is 0.875. The highest BCUT2D eigenvalue weighted by atomic mass is 32.2. The molecular weight excluding hydrogens is 229 g/mol. The second kappa shape index (κ2) is 5.07. The highest BCUT2D eigenvalue weighted by Crippen LogP contribution is 2.30. The molecule has 1 amide bonds. The molecule has 3 nitrogen and oxygen atoms in total. The van der Waals surface area contributed by atoms with Gasteiger partial charge in [-0.3, -0.25) is 4.79 Å². The average molecular weight is 242 g/mol. The van der Waals surface area contributed by atoms with E-state index in [1.165, 1.54) is 4.90 Å². The quantitative estimate of drug-likeness (QED) is 0.803. The lowest BCUT2D eigenvalue weighted by Crippen LogP contribution is -2.34. The molecule has 0 aromatic rings. The summed E-state index contributed by atoms with van der Waals surface area (Å²) in [5, 5.41) is 3.00. The predicted molar refractivity (Wildman–Crippen MR) is 52.6 cm³/mol. The summed E-state index contributed by atoms with van der Waals surface area (Å²) in [7, 11) is 1.78. The highest BCUT2D eigenvalue weighted by Gasteiger charge is 2.32. The molecule has 1 unspecified atom stereocenters. The van der Waals surface area contributed by atoms with Gasteiger partial charge in [-0.25, -0.2) is 0 Å². The standard InChI is InChI=1S/C8H13F3N2OS/c1-12-6-2-3-13(4-6)7(14)5-15-8(9,10)11/h6,12H,2-5H2,1H3. The molecule has 1 heterocycles. The van der Waals surface area contributed by atoms with Crippen molar-refractivity contribution < 1.29 is 18.0 Å². The summed E-state index contributed by atoms with van der Waals surface area (Å²) >= 11 is -0.274. The van der Waals surface area contributed by atoms with Crippen molar-refractivity contribution >= 4 is 17.7 Å². The Balaban J connectivity index is 2.30. The number of carbonyl (C=O) groups is 1. The number of nitrogens with zero attached hydrogens (tertiary/aromatic N) is 1. The Morgan fingerprint density at radius 2 is 2.27 bits per heavy atom. The maximum atomic E-state index is 11.8. The van der Waals surface area contributed by atoms with Gasteiger partial charge in [-0.05, 0) is 25.2 Å². The summed E-state index contributed by atoms with van der Waals surface area (Å²) in [5.74, 6) is -0.949. The van der Waals surface area contributed by atoms with Crippen LogP contribution in [-0.4, -0.2) is 48.2 Å². The van der Waals surface area contributed by atoms with Gasteiger partial charge >= 0.3 is 5.51 Å². The van der Waals surface area contributed by atoms with Crippen LogP contribution in [0.3, 0.4) is 0 Å². The van der Waals surface area contributed by atoms with E-state index in [1.807, 2.05) is 0 Å². The number of hydrogen-bond acceptors (Lipinski definition) is 3. The third-order valence-corrected chi connectivity index (χ3v) is 3.03. The molecule has 1 atom stereocenters. The fourth-order valence-electron chi connectivity index (χ4n) is 1.46. The Bertz CT molecular complexity index is 234. The van der Waals surface area contributed by atoms with Crippen LogP contribution in [0.4, 0.5) is 13.2 Å². The van der Waals surface area contributed by atoms with Gasteiger partial charge in [0.1, 0.15) is 0 Å². The number of hydrogen-bond donors (Lipinski definition) is 1. The Kier molecular flexibility index (Phi) is 4.27. The average Bonchev–Trinajstić information content (AvgIpc) is 2.61. The van der Waals surface area contributed by atoms with Gasteiger partial charge in [-0.2, -0.15) is 13.2 Å². The Labute approximate surface area is 90.4 Å². The number of nitrogens with one attached hydrogen (secondary N) is 1. The van der Waals surface area contributed by atoms with Gasteiger partial charge in [0, 0.05) is 19.1 Å². The zero-order chi connectivity index (χ0) is 11.5. The SMILES string of the molecule is CNC1CCN(C(=O)CSC(F)(F)F)C1. The van der Waals surface area contributed by atoms with Gasteiger partial charge in [-0.1, -0.05) is 0 Å². The summed E-state index contributed by atoms with van der Waals surface area (Å²) in [6, 6.07) is 0.213. The van der Waals surface area contributed by atoms with Crippen LogP contribution in [0.2, 0.25) is 0 Å². The molecule has 0 aromatic heterocycles. The van der Waals surface area contributed by atoms with E-state index in [1.54, 1.807) is 7.05 Å². The number of thioether (sulfide) groups is 1. The Morgan fingerprint density at radius 3 is 2.73 bits per heavy atom. The molecule has 0 saturated carbocycles. The largest absolute Gasteiger partial charge is 0.442 e. The molecule has 1 N–H and O–H groups in total. The van der Waals surface area contributed by atoms with Crippen molar-refractivity contribution in [2.45, 2.75) is 18.0 Å². The topological polar surface area (TPSA) is 32.3 Å². The predicted octanol–water partition coefficient (Wildman–Crippen LogP) is 1.06. The fourth-order valence-corrected chi connectivity index (χ4v) is 1.93. The summed E-state index contributed by atoms with van der Waals surface area (Å²) in [5.41, 5.74) is -4.32. The lowest BCUT2D eigenvalue weighted by atomic mass is 10.3. The Morgan fingerprint density at radius 1 is 1.60 bits per heavy atom. The molecule has 1 fully saturated rings. The third kappa shape index (κ3) is 4.29. The zero-order valence-corrected chi connectivity index (χ0v) is 9.12. The van der Waals surface area contributed by atoms with Crippen LogP contribution in [0.25, 0.3) is 0 Å². The van der Waals surface area contributed by atoms with Crippen molar-refractivity contribution in [2.75, 3.05) is 25.9 Å². The van der Waals surface area contributed by atoms with Gasteiger partial charge in [-0.15, -0.1) is 0 Å². The monoisotopic (exact) mass is 242 g/mol. The lowest BCUT2D eigenvalue weighted by Gasteiger charge is -2.16.